The van der Waals surface area contributed by atoms with Crippen LogP contribution in [0.4, 0.5) is 0 Å². The summed E-state index contributed by atoms with van der Waals surface area (Å²) in [5.41, 5.74) is 0.903. The minimum Gasteiger partial charge on any atom is -0.338 e. The van der Waals surface area contributed by atoms with E-state index in [0.29, 0.717) is 12.3 Å². The molecule has 2 aliphatic rings. The number of hydrogen-bond donors (Lipinski definition) is 0. The van der Waals surface area contributed by atoms with Gasteiger partial charge in [-0.15, -0.1) is 0 Å². The lowest BCUT2D eigenvalue weighted by Crippen LogP contribution is -2.41. The Labute approximate surface area is 129 Å². The zero-order valence-corrected chi connectivity index (χ0v) is 14.5. The highest BCUT2D eigenvalue weighted by Gasteiger charge is 2.33. The van der Waals surface area contributed by atoms with Gasteiger partial charge in [-0.25, -0.2) is 0 Å². The van der Waals surface area contributed by atoms with Crippen LogP contribution >= 0.6 is 0 Å². The topological polar surface area (TPSA) is 40.6 Å². The van der Waals surface area contributed by atoms with E-state index in [1.54, 1.807) is 4.90 Å². The van der Waals surface area contributed by atoms with Crippen LogP contribution in [-0.4, -0.2) is 39.2 Å². The molecule has 0 saturated carbocycles. The largest absolute Gasteiger partial charge is 0.338 e. The van der Waals surface area contributed by atoms with Crippen LogP contribution in [0.15, 0.2) is 12.3 Å². The second kappa shape index (κ2) is 6.20. The monoisotopic (exact) mass is 294 g/mol. The van der Waals surface area contributed by atoms with Crippen LogP contribution in [0.5, 0.6) is 0 Å². The molecule has 0 unspecified atom stereocenters. The van der Waals surface area contributed by atoms with E-state index in [-0.39, 0.29) is 17.0 Å². The first-order valence-corrected chi connectivity index (χ1v) is 7.76. The van der Waals surface area contributed by atoms with E-state index < -0.39 is 0 Å². The number of carbonyl (C=O) groups is 2. The van der Waals surface area contributed by atoms with Gasteiger partial charge in [-0.1, -0.05) is 6.58 Å². The summed E-state index contributed by atoms with van der Waals surface area (Å²) in [4.78, 5) is 26.2. The van der Waals surface area contributed by atoms with Crippen molar-refractivity contribution in [2.45, 2.75) is 78.3 Å². The summed E-state index contributed by atoms with van der Waals surface area (Å²) in [5.74, 6) is 0.523. The third-order valence-electron chi connectivity index (χ3n) is 3.75. The summed E-state index contributed by atoms with van der Waals surface area (Å²) in [6.07, 6.45) is 3.25. The molecule has 4 heteroatoms. The highest BCUT2D eigenvalue weighted by Crippen LogP contribution is 2.28. The zero-order valence-electron chi connectivity index (χ0n) is 14.5. The number of nitrogens with zero attached hydrogens (tertiary/aromatic N) is 2. The van der Waals surface area contributed by atoms with Crippen molar-refractivity contribution in [3.63, 3.8) is 0 Å². The molecule has 2 rings (SSSR count). The van der Waals surface area contributed by atoms with E-state index in [2.05, 4.69) is 27.4 Å². The molecule has 0 aliphatic carbocycles. The number of amides is 2. The molecule has 0 radical (unpaired) electrons. The van der Waals surface area contributed by atoms with Gasteiger partial charge in [0.2, 0.25) is 11.8 Å². The van der Waals surface area contributed by atoms with Crippen LogP contribution in [0.3, 0.4) is 0 Å². The summed E-state index contributed by atoms with van der Waals surface area (Å²) in [6.45, 7) is 17.1. The highest BCUT2D eigenvalue weighted by molar-refractivity contribution is 5.81. The first-order chi connectivity index (χ1) is 9.44. The summed E-state index contributed by atoms with van der Waals surface area (Å²) in [5, 5.41) is 0. The Bertz CT molecular complexity index is 411. The molecule has 0 atom stereocenters. The van der Waals surface area contributed by atoms with Gasteiger partial charge in [-0.3, -0.25) is 9.59 Å². The van der Waals surface area contributed by atoms with Gasteiger partial charge in [0.15, 0.2) is 0 Å². The highest BCUT2D eigenvalue weighted by atomic mass is 16.2. The zero-order chi connectivity index (χ0) is 16.4. The summed E-state index contributed by atoms with van der Waals surface area (Å²) >= 11 is 0. The number of hydrogen-bond acceptors (Lipinski definition) is 2. The third-order valence-corrected chi connectivity index (χ3v) is 3.75. The fraction of sp³-hybridized carbons (Fsp3) is 0.765. The van der Waals surface area contributed by atoms with E-state index in [1.807, 2.05) is 25.7 Å². The Kier molecular flexibility index (Phi) is 5.24. The Morgan fingerprint density at radius 3 is 1.62 bits per heavy atom. The van der Waals surface area contributed by atoms with Crippen molar-refractivity contribution in [1.82, 2.24) is 9.80 Å². The predicted octanol–water partition coefficient (Wildman–Crippen LogP) is 3.33. The maximum atomic E-state index is 11.3. The van der Waals surface area contributed by atoms with Gasteiger partial charge in [-0.05, 0) is 54.4 Å². The Morgan fingerprint density at radius 1 is 0.857 bits per heavy atom. The molecule has 0 bridgehead atoms. The summed E-state index contributed by atoms with van der Waals surface area (Å²) < 4.78 is 0. The first kappa shape index (κ1) is 17.7. The minimum atomic E-state index is -0.0926. The number of allylic oxidation sites excluding steroid dienone is 1. The SMILES string of the molecule is C=C1CCC(=O)N1C(C)(C)C.CC(C)(C)N1CCCC1=O. The van der Waals surface area contributed by atoms with Gasteiger partial charge in [0, 0.05) is 36.2 Å². The first-order valence-electron chi connectivity index (χ1n) is 7.76. The van der Waals surface area contributed by atoms with E-state index in [9.17, 15) is 9.59 Å². The van der Waals surface area contributed by atoms with Crippen molar-refractivity contribution in [2.75, 3.05) is 6.54 Å². The maximum absolute atomic E-state index is 11.3. The molecule has 2 amide bonds. The molecule has 0 N–H and O–H groups in total. The van der Waals surface area contributed by atoms with Crippen molar-refractivity contribution >= 4 is 11.8 Å². The normalized spacial score (nSPS) is 20.0. The van der Waals surface area contributed by atoms with Crippen molar-refractivity contribution in [3.8, 4) is 0 Å². The van der Waals surface area contributed by atoms with E-state index in [1.165, 1.54) is 0 Å². The van der Waals surface area contributed by atoms with Crippen LogP contribution in [0, 0.1) is 0 Å². The lowest BCUT2D eigenvalue weighted by Gasteiger charge is -2.32. The number of likely N-dealkylation sites (tertiary alicyclic amines) is 2. The predicted molar refractivity (Wildman–Crippen MR) is 85.7 cm³/mol. The molecule has 0 aromatic carbocycles. The average Bonchev–Trinajstić information content (AvgIpc) is 2.84. The lowest BCUT2D eigenvalue weighted by molar-refractivity contribution is -0.132. The van der Waals surface area contributed by atoms with Crippen LogP contribution in [-0.2, 0) is 9.59 Å². The minimum absolute atomic E-state index is 0.0353. The Balaban J connectivity index is 0.000000211. The Hall–Kier alpha value is -1.32. The standard InChI is InChI=1S/C9H15NO.C8H15NO/c1-7-5-6-8(11)10(7)9(2,3)4;1-8(2,3)9-6-4-5-7(9)10/h1,5-6H2,2-4H3;4-6H2,1-3H3. The quantitative estimate of drug-likeness (QED) is 0.687. The van der Waals surface area contributed by atoms with Crippen molar-refractivity contribution in [1.29, 1.82) is 0 Å². The second-order valence-corrected chi connectivity index (χ2v) is 7.79. The molecule has 2 aliphatic heterocycles. The fourth-order valence-electron chi connectivity index (χ4n) is 2.86. The lowest BCUT2D eigenvalue weighted by atomic mass is 10.1. The molecule has 0 aromatic heterocycles. The number of rotatable bonds is 0. The van der Waals surface area contributed by atoms with Gasteiger partial charge in [0.1, 0.15) is 0 Å². The molecule has 2 heterocycles. The van der Waals surface area contributed by atoms with Crippen LogP contribution in [0.2, 0.25) is 0 Å². The smallest absolute Gasteiger partial charge is 0.227 e. The van der Waals surface area contributed by atoms with E-state index >= 15 is 0 Å². The van der Waals surface area contributed by atoms with Gasteiger partial charge in [-0.2, -0.15) is 0 Å². The van der Waals surface area contributed by atoms with Crippen LogP contribution < -0.4 is 0 Å². The fourth-order valence-corrected chi connectivity index (χ4v) is 2.86. The van der Waals surface area contributed by atoms with Gasteiger partial charge >= 0.3 is 0 Å². The van der Waals surface area contributed by atoms with Gasteiger partial charge in [0.05, 0.1) is 0 Å². The Morgan fingerprint density at radius 2 is 1.43 bits per heavy atom. The van der Waals surface area contributed by atoms with E-state index in [4.69, 9.17) is 0 Å². The molecule has 2 saturated heterocycles. The maximum Gasteiger partial charge on any atom is 0.227 e. The molecular weight excluding hydrogens is 264 g/mol. The summed E-state index contributed by atoms with van der Waals surface area (Å²) in [6, 6.07) is 0. The van der Waals surface area contributed by atoms with E-state index in [0.717, 1.165) is 31.5 Å². The van der Waals surface area contributed by atoms with Crippen LogP contribution in [0.25, 0.3) is 0 Å². The van der Waals surface area contributed by atoms with Crippen molar-refractivity contribution in [3.05, 3.63) is 12.3 Å². The molecule has 2 fully saturated rings. The van der Waals surface area contributed by atoms with Gasteiger partial charge < -0.3 is 9.80 Å². The van der Waals surface area contributed by atoms with Gasteiger partial charge in [0.25, 0.3) is 0 Å². The van der Waals surface area contributed by atoms with Crippen molar-refractivity contribution in [2.24, 2.45) is 0 Å². The molecule has 0 spiro atoms. The number of carbonyl (C=O) groups excluding carboxylic acids is 2. The average molecular weight is 294 g/mol. The molecule has 21 heavy (non-hydrogen) atoms. The molecule has 4 nitrogen and oxygen atoms in total. The second-order valence-electron chi connectivity index (χ2n) is 7.79. The van der Waals surface area contributed by atoms with Crippen LogP contribution in [0.1, 0.15) is 67.2 Å². The summed E-state index contributed by atoms with van der Waals surface area (Å²) in [7, 11) is 0. The van der Waals surface area contributed by atoms with Crippen molar-refractivity contribution < 1.29 is 9.59 Å². The molecule has 120 valence electrons. The molecular formula is C17H30N2O2. The molecule has 0 aromatic rings. The third kappa shape index (κ3) is 4.58.